The summed E-state index contributed by atoms with van der Waals surface area (Å²) in [5, 5.41) is 2.47. The number of para-hydroxylation sites is 1. The van der Waals surface area contributed by atoms with Crippen LogP contribution in [0.25, 0.3) is 0 Å². The number of carbonyl (C=O) groups excluding carboxylic acids is 3. The molecular weight excluding hydrogens is 527 g/mol. The number of piperidine rings is 1. The third-order valence-electron chi connectivity index (χ3n) is 6.77. The number of nitrogens with zero attached hydrogens (tertiary/aromatic N) is 2. The van der Waals surface area contributed by atoms with Crippen molar-refractivity contribution >= 4 is 35.4 Å². The van der Waals surface area contributed by atoms with Gasteiger partial charge in [-0.25, -0.2) is 14.4 Å². The number of anilines is 1. The Bertz CT molecular complexity index is 1200. The highest BCUT2D eigenvalue weighted by atomic mass is 35.5. The van der Waals surface area contributed by atoms with Gasteiger partial charge in [0.1, 0.15) is 0 Å². The summed E-state index contributed by atoms with van der Waals surface area (Å²) < 4.78 is 49.8. The molecule has 1 atom stereocenters. The first-order valence-corrected chi connectivity index (χ1v) is 12.5. The molecule has 12 heteroatoms. The number of hydrogen-bond donors (Lipinski definition) is 1. The lowest BCUT2D eigenvalue weighted by Gasteiger charge is -2.37. The van der Waals surface area contributed by atoms with Crippen LogP contribution in [0.3, 0.4) is 0 Å². The summed E-state index contributed by atoms with van der Waals surface area (Å²) in [6.07, 6.45) is -5.49. The molecular formula is C26H27ClF3N3O5. The van der Waals surface area contributed by atoms with Gasteiger partial charge in [0.25, 0.3) is 0 Å². The number of fused-ring (bicyclic) bond motifs is 1. The van der Waals surface area contributed by atoms with E-state index in [0.29, 0.717) is 25.8 Å². The molecule has 38 heavy (non-hydrogen) atoms. The minimum Gasteiger partial charge on any atom is -0.466 e. The average molecular weight is 554 g/mol. The van der Waals surface area contributed by atoms with E-state index in [0.717, 1.165) is 30.5 Å². The van der Waals surface area contributed by atoms with Gasteiger partial charge in [-0.15, -0.1) is 0 Å². The van der Waals surface area contributed by atoms with Crippen LogP contribution in [0.1, 0.15) is 29.5 Å². The van der Waals surface area contributed by atoms with E-state index in [1.165, 1.54) is 11.0 Å². The molecule has 1 N–H and O–H groups in total. The maximum absolute atomic E-state index is 13.2. The van der Waals surface area contributed by atoms with Crippen molar-refractivity contribution in [2.24, 2.45) is 0 Å². The van der Waals surface area contributed by atoms with E-state index < -0.39 is 34.9 Å². The van der Waals surface area contributed by atoms with Crippen molar-refractivity contribution in [2.75, 3.05) is 32.1 Å². The molecule has 0 radical (unpaired) electrons. The molecule has 2 aliphatic heterocycles. The van der Waals surface area contributed by atoms with Crippen LogP contribution in [0, 0.1) is 0 Å². The van der Waals surface area contributed by atoms with Crippen molar-refractivity contribution in [3.63, 3.8) is 0 Å². The van der Waals surface area contributed by atoms with Gasteiger partial charge in [0.2, 0.25) is 6.10 Å². The monoisotopic (exact) mass is 553 g/mol. The third kappa shape index (κ3) is 6.32. The highest BCUT2D eigenvalue weighted by molar-refractivity contribution is 6.31. The molecule has 1 unspecified atom stereocenters. The van der Waals surface area contributed by atoms with E-state index in [1.807, 2.05) is 24.3 Å². The number of alkyl halides is 3. The van der Waals surface area contributed by atoms with Gasteiger partial charge in [0.15, 0.2) is 0 Å². The topological polar surface area (TPSA) is 88.2 Å². The predicted molar refractivity (Wildman–Crippen MR) is 133 cm³/mol. The molecule has 0 spiro atoms. The number of esters is 1. The van der Waals surface area contributed by atoms with E-state index in [2.05, 4.69) is 5.32 Å². The molecule has 0 aromatic heterocycles. The lowest BCUT2D eigenvalue weighted by molar-refractivity contribution is -0.151. The van der Waals surface area contributed by atoms with Crippen LogP contribution < -0.4 is 5.32 Å². The van der Waals surface area contributed by atoms with E-state index in [9.17, 15) is 27.6 Å². The fourth-order valence-corrected chi connectivity index (χ4v) is 4.95. The summed E-state index contributed by atoms with van der Waals surface area (Å²) in [6.45, 7) is 1.12. The van der Waals surface area contributed by atoms with Gasteiger partial charge in [-0.05, 0) is 48.6 Å². The van der Waals surface area contributed by atoms with Gasteiger partial charge in [0.05, 0.1) is 17.7 Å². The van der Waals surface area contributed by atoms with Crippen molar-refractivity contribution < 1.29 is 37.0 Å². The van der Waals surface area contributed by atoms with Gasteiger partial charge >= 0.3 is 24.3 Å². The second-order valence-electron chi connectivity index (χ2n) is 9.16. The maximum Gasteiger partial charge on any atom is 0.417 e. The molecule has 2 aromatic rings. The highest BCUT2D eigenvalue weighted by Gasteiger charge is 2.36. The number of methoxy groups -OCH3 is 1. The summed E-state index contributed by atoms with van der Waals surface area (Å²) >= 11 is 5.67. The fraction of sp³-hybridized carbons (Fsp3) is 0.423. The van der Waals surface area contributed by atoms with Crippen LogP contribution in [0.2, 0.25) is 5.02 Å². The zero-order chi connectivity index (χ0) is 27.4. The Morgan fingerprint density at radius 1 is 1.13 bits per heavy atom. The molecule has 8 nitrogen and oxygen atoms in total. The van der Waals surface area contributed by atoms with E-state index in [4.69, 9.17) is 21.1 Å². The molecule has 204 valence electrons. The standard InChI is InChI=1S/C26H27ClF3N3O5/c1-37-23(34)22(15-16-6-7-20(27)19(14-16)26(28,29)30)38-25(36)32-11-9-18(10-12-32)33-13-8-17-4-2-3-5-21(17)31-24(33)35/h2-7,14,18,22H,8-13,15H2,1H3,(H,31,35). The smallest absolute Gasteiger partial charge is 0.417 e. The van der Waals surface area contributed by atoms with Gasteiger partial charge in [-0.3, -0.25) is 0 Å². The highest BCUT2D eigenvalue weighted by Crippen LogP contribution is 2.35. The van der Waals surface area contributed by atoms with Crippen molar-refractivity contribution in [3.05, 3.63) is 64.2 Å². The Balaban J connectivity index is 1.36. The number of hydrogen-bond acceptors (Lipinski definition) is 5. The minimum atomic E-state index is -4.68. The van der Waals surface area contributed by atoms with Crippen LogP contribution in [0.4, 0.5) is 28.4 Å². The quantitative estimate of drug-likeness (QED) is 0.518. The van der Waals surface area contributed by atoms with Gasteiger partial charge in [0, 0.05) is 37.8 Å². The second kappa shape index (κ2) is 11.5. The Kier molecular flexibility index (Phi) is 8.35. The molecule has 0 bridgehead atoms. The number of rotatable bonds is 5. The first kappa shape index (κ1) is 27.6. The van der Waals surface area contributed by atoms with Crippen molar-refractivity contribution in [1.29, 1.82) is 0 Å². The Hall–Kier alpha value is -3.47. The normalized spacial score (nSPS) is 17.2. The Morgan fingerprint density at radius 2 is 1.84 bits per heavy atom. The molecule has 2 aliphatic rings. The Labute approximate surface area is 222 Å². The fourth-order valence-electron chi connectivity index (χ4n) is 4.73. The third-order valence-corrected chi connectivity index (χ3v) is 7.10. The molecule has 2 aromatic carbocycles. The Morgan fingerprint density at radius 3 is 2.53 bits per heavy atom. The number of halogens is 4. The lowest BCUT2D eigenvalue weighted by Crippen LogP contribution is -2.50. The summed E-state index contributed by atoms with van der Waals surface area (Å²) in [6, 6.07) is 10.6. The summed E-state index contributed by atoms with van der Waals surface area (Å²) in [4.78, 5) is 41.1. The van der Waals surface area contributed by atoms with Gasteiger partial charge < -0.3 is 24.6 Å². The molecule has 4 rings (SSSR count). The minimum absolute atomic E-state index is 0.0837. The van der Waals surface area contributed by atoms with E-state index in [1.54, 1.807) is 4.90 Å². The molecule has 1 saturated heterocycles. The van der Waals surface area contributed by atoms with Crippen LogP contribution in [0.15, 0.2) is 42.5 Å². The van der Waals surface area contributed by atoms with Crippen molar-refractivity contribution in [3.8, 4) is 0 Å². The van der Waals surface area contributed by atoms with Gasteiger partial charge in [-0.1, -0.05) is 35.9 Å². The van der Waals surface area contributed by atoms with Crippen LogP contribution in [-0.4, -0.2) is 66.8 Å². The number of ether oxygens (including phenoxy) is 2. The van der Waals surface area contributed by atoms with Crippen molar-refractivity contribution in [2.45, 2.75) is 44.0 Å². The van der Waals surface area contributed by atoms with Crippen molar-refractivity contribution in [1.82, 2.24) is 9.80 Å². The first-order chi connectivity index (χ1) is 18.1. The maximum atomic E-state index is 13.2. The van der Waals surface area contributed by atoms with E-state index >= 15 is 0 Å². The van der Waals surface area contributed by atoms with Gasteiger partial charge in [-0.2, -0.15) is 13.2 Å². The SMILES string of the molecule is COC(=O)C(Cc1ccc(Cl)c(C(F)(F)F)c1)OC(=O)N1CCC(N2CCc3ccccc3NC2=O)CC1. The van der Waals surface area contributed by atoms with E-state index in [-0.39, 0.29) is 37.1 Å². The zero-order valence-electron chi connectivity index (χ0n) is 20.6. The molecule has 0 saturated carbocycles. The van der Waals surface area contributed by atoms with Crippen LogP contribution in [0.5, 0.6) is 0 Å². The average Bonchev–Trinajstić information content (AvgIpc) is 3.06. The molecule has 3 amide bonds. The number of likely N-dealkylation sites (tertiary alicyclic amines) is 1. The van der Waals surface area contributed by atoms with Crippen LogP contribution >= 0.6 is 11.6 Å². The largest absolute Gasteiger partial charge is 0.466 e. The number of amides is 3. The predicted octanol–water partition coefficient (Wildman–Crippen LogP) is 5.13. The molecule has 0 aliphatic carbocycles. The number of benzene rings is 2. The lowest BCUT2D eigenvalue weighted by atomic mass is 10.0. The molecule has 2 heterocycles. The summed E-state index contributed by atoms with van der Waals surface area (Å²) in [5.74, 6) is -0.891. The second-order valence-corrected chi connectivity index (χ2v) is 9.57. The first-order valence-electron chi connectivity index (χ1n) is 12.1. The number of carbonyl (C=O) groups is 3. The molecule has 1 fully saturated rings. The number of urea groups is 1. The summed E-state index contributed by atoms with van der Waals surface area (Å²) in [5.41, 5.74) is 0.908. The zero-order valence-corrected chi connectivity index (χ0v) is 21.3. The summed E-state index contributed by atoms with van der Waals surface area (Å²) in [7, 11) is 1.10. The van der Waals surface area contributed by atoms with Crippen LogP contribution in [-0.2, 0) is 33.3 Å². The number of nitrogens with one attached hydrogen (secondary N) is 1.